The highest BCUT2D eigenvalue weighted by Crippen LogP contribution is 2.22. The van der Waals surface area contributed by atoms with Crippen molar-refractivity contribution in [2.75, 3.05) is 11.8 Å². The number of nitrogens with one attached hydrogen (secondary N) is 1. The number of benzene rings is 2. The highest BCUT2D eigenvalue weighted by molar-refractivity contribution is 7.92. The molecule has 7 nitrogen and oxygen atoms in total. The molecule has 0 fully saturated rings. The van der Waals surface area contributed by atoms with Gasteiger partial charge in [-0.05, 0) is 48.5 Å². The summed E-state index contributed by atoms with van der Waals surface area (Å²) in [7, 11) is -2.51. The van der Waals surface area contributed by atoms with Gasteiger partial charge in [-0.3, -0.25) is 4.72 Å². The number of nitrogens with zero attached hydrogens (tertiary/aromatic N) is 1. The zero-order valence-electron chi connectivity index (χ0n) is 13.2. The van der Waals surface area contributed by atoms with Gasteiger partial charge in [0.15, 0.2) is 12.2 Å². The van der Waals surface area contributed by atoms with Crippen molar-refractivity contribution in [3.05, 3.63) is 66.7 Å². The lowest BCUT2D eigenvalue weighted by Gasteiger charge is -2.09. The highest BCUT2D eigenvalue weighted by Gasteiger charge is 2.15. The Morgan fingerprint density at radius 2 is 1.76 bits per heavy atom. The molecule has 8 heteroatoms. The third kappa shape index (κ3) is 3.69. The van der Waals surface area contributed by atoms with E-state index in [-0.39, 0.29) is 10.5 Å². The third-order valence-electron chi connectivity index (χ3n) is 3.44. The van der Waals surface area contributed by atoms with E-state index in [1.54, 1.807) is 30.5 Å². The first-order valence-corrected chi connectivity index (χ1v) is 8.68. The molecule has 128 valence electrons. The lowest BCUT2D eigenvalue weighted by atomic mass is 10.2. The number of rotatable bonds is 5. The van der Waals surface area contributed by atoms with Crippen molar-refractivity contribution < 1.29 is 22.4 Å². The predicted octanol–water partition coefficient (Wildman–Crippen LogP) is 2.93. The molecule has 25 heavy (non-hydrogen) atoms. The fourth-order valence-electron chi connectivity index (χ4n) is 2.16. The number of carbonyl (C=O) groups is 1. The van der Waals surface area contributed by atoms with Gasteiger partial charge in [-0.15, -0.1) is 0 Å². The van der Waals surface area contributed by atoms with E-state index in [2.05, 4.69) is 14.4 Å². The number of sulfonamides is 1. The molecule has 3 aromatic rings. The van der Waals surface area contributed by atoms with Crippen LogP contribution in [0.25, 0.3) is 11.3 Å². The molecule has 0 atom stereocenters. The van der Waals surface area contributed by atoms with Crippen molar-refractivity contribution in [1.29, 1.82) is 0 Å². The van der Waals surface area contributed by atoms with Gasteiger partial charge in [-0.2, -0.15) is 0 Å². The summed E-state index contributed by atoms with van der Waals surface area (Å²) in [5.74, 6) is 0.0627. The first-order chi connectivity index (χ1) is 12.0. The second kappa shape index (κ2) is 6.78. The number of methoxy groups -OCH3 is 1. The second-order valence-electron chi connectivity index (χ2n) is 5.06. The standard InChI is InChI=1S/C17H14N2O5S/c1-23-17(20)13-4-8-15(9-5-13)25(21,22)19-14-6-2-12(3-7-14)16-10-18-11-24-16/h2-11,19H,1H3. The quantitative estimate of drug-likeness (QED) is 0.704. The summed E-state index contributed by atoms with van der Waals surface area (Å²) in [6, 6.07) is 12.2. The molecule has 0 unspecified atom stereocenters. The zero-order valence-corrected chi connectivity index (χ0v) is 14.0. The lowest BCUT2D eigenvalue weighted by Crippen LogP contribution is -2.13. The number of hydrogen-bond acceptors (Lipinski definition) is 6. The van der Waals surface area contributed by atoms with Crippen LogP contribution < -0.4 is 4.72 Å². The Kier molecular flexibility index (Phi) is 4.53. The Labute approximate surface area is 144 Å². The molecule has 2 aromatic carbocycles. The SMILES string of the molecule is COC(=O)c1ccc(S(=O)(=O)Nc2ccc(-c3cnco3)cc2)cc1. The minimum atomic E-state index is -3.77. The molecular formula is C17H14N2O5S. The highest BCUT2D eigenvalue weighted by atomic mass is 32.2. The molecule has 3 rings (SSSR count). The van der Waals surface area contributed by atoms with Gasteiger partial charge in [-0.25, -0.2) is 18.2 Å². The van der Waals surface area contributed by atoms with E-state index in [0.717, 1.165) is 5.56 Å². The molecule has 0 spiro atoms. The molecule has 0 amide bonds. The molecule has 0 radical (unpaired) electrons. The number of anilines is 1. The minimum absolute atomic E-state index is 0.0412. The van der Waals surface area contributed by atoms with Crippen LogP contribution in [0.2, 0.25) is 0 Å². The van der Waals surface area contributed by atoms with Gasteiger partial charge in [0.05, 0.1) is 23.8 Å². The van der Waals surface area contributed by atoms with Crippen LogP contribution in [0.1, 0.15) is 10.4 Å². The van der Waals surface area contributed by atoms with Gasteiger partial charge in [0.2, 0.25) is 0 Å². The summed E-state index contributed by atoms with van der Waals surface area (Å²) < 4.78 is 37.1. The van der Waals surface area contributed by atoms with Crippen LogP contribution in [0.3, 0.4) is 0 Å². The van der Waals surface area contributed by atoms with Gasteiger partial charge in [0.1, 0.15) is 0 Å². The van der Waals surface area contributed by atoms with Gasteiger partial charge in [0.25, 0.3) is 10.0 Å². The first-order valence-electron chi connectivity index (χ1n) is 7.20. The molecular weight excluding hydrogens is 344 g/mol. The van der Waals surface area contributed by atoms with Gasteiger partial charge >= 0.3 is 5.97 Å². The average Bonchev–Trinajstić information content (AvgIpc) is 3.16. The molecule has 0 saturated heterocycles. The average molecular weight is 358 g/mol. The maximum Gasteiger partial charge on any atom is 0.337 e. The van der Waals surface area contributed by atoms with Crippen molar-refractivity contribution in [2.24, 2.45) is 0 Å². The Morgan fingerprint density at radius 3 is 2.32 bits per heavy atom. The normalized spacial score (nSPS) is 11.1. The fourth-order valence-corrected chi connectivity index (χ4v) is 3.22. The summed E-state index contributed by atoms with van der Waals surface area (Å²) in [6.45, 7) is 0. The summed E-state index contributed by atoms with van der Waals surface area (Å²) in [5.41, 5.74) is 1.46. The molecule has 0 aliphatic carbocycles. The molecule has 0 aliphatic rings. The van der Waals surface area contributed by atoms with Crippen LogP contribution in [0.15, 0.2) is 70.4 Å². The van der Waals surface area contributed by atoms with Crippen LogP contribution >= 0.6 is 0 Å². The summed E-state index contributed by atoms with van der Waals surface area (Å²) >= 11 is 0. The van der Waals surface area contributed by atoms with Gasteiger partial charge in [0, 0.05) is 11.3 Å². The topological polar surface area (TPSA) is 98.5 Å². The lowest BCUT2D eigenvalue weighted by molar-refractivity contribution is 0.0600. The van der Waals surface area contributed by atoms with Crippen molar-refractivity contribution in [2.45, 2.75) is 4.90 Å². The van der Waals surface area contributed by atoms with Crippen LogP contribution in [0, 0.1) is 0 Å². The summed E-state index contributed by atoms with van der Waals surface area (Å²) in [4.78, 5) is 15.3. The van der Waals surface area contributed by atoms with E-state index in [0.29, 0.717) is 11.4 Å². The van der Waals surface area contributed by atoms with Gasteiger partial charge < -0.3 is 9.15 Å². The van der Waals surface area contributed by atoms with Crippen LogP contribution in [0.5, 0.6) is 0 Å². The fraction of sp³-hybridized carbons (Fsp3) is 0.0588. The van der Waals surface area contributed by atoms with Crippen molar-refractivity contribution in [1.82, 2.24) is 4.98 Å². The van der Waals surface area contributed by atoms with Crippen molar-refractivity contribution in [3.63, 3.8) is 0 Å². The molecule has 1 aromatic heterocycles. The Hall–Kier alpha value is -3.13. The van der Waals surface area contributed by atoms with Crippen LogP contribution in [-0.2, 0) is 14.8 Å². The maximum absolute atomic E-state index is 12.4. The molecule has 0 aliphatic heterocycles. The number of aromatic nitrogens is 1. The van der Waals surface area contributed by atoms with Crippen molar-refractivity contribution >= 4 is 21.7 Å². The van der Waals surface area contributed by atoms with E-state index in [1.165, 1.54) is 37.8 Å². The van der Waals surface area contributed by atoms with E-state index >= 15 is 0 Å². The number of oxazole rings is 1. The van der Waals surface area contributed by atoms with Crippen LogP contribution in [0.4, 0.5) is 5.69 Å². The number of hydrogen-bond donors (Lipinski definition) is 1. The van der Waals surface area contributed by atoms with E-state index in [4.69, 9.17) is 4.42 Å². The second-order valence-corrected chi connectivity index (χ2v) is 6.75. The van der Waals surface area contributed by atoms with Crippen LogP contribution in [-0.4, -0.2) is 26.5 Å². The first kappa shape index (κ1) is 16.7. The molecule has 0 saturated carbocycles. The predicted molar refractivity (Wildman–Crippen MR) is 90.5 cm³/mol. The van der Waals surface area contributed by atoms with Crippen molar-refractivity contribution in [3.8, 4) is 11.3 Å². The minimum Gasteiger partial charge on any atom is -0.465 e. The Balaban J connectivity index is 1.78. The number of ether oxygens (including phenoxy) is 1. The monoisotopic (exact) mass is 358 g/mol. The van der Waals surface area contributed by atoms with E-state index in [1.807, 2.05) is 0 Å². The third-order valence-corrected chi connectivity index (χ3v) is 4.84. The molecule has 1 heterocycles. The molecule has 0 bridgehead atoms. The summed E-state index contributed by atoms with van der Waals surface area (Å²) in [6.07, 6.45) is 2.89. The zero-order chi connectivity index (χ0) is 17.9. The maximum atomic E-state index is 12.4. The van der Waals surface area contributed by atoms with E-state index in [9.17, 15) is 13.2 Å². The Bertz CT molecular complexity index is 963. The number of esters is 1. The smallest absolute Gasteiger partial charge is 0.337 e. The van der Waals surface area contributed by atoms with Gasteiger partial charge in [-0.1, -0.05) is 0 Å². The molecule has 1 N–H and O–H groups in total. The Morgan fingerprint density at radius 1 is 1.08 bits per heavy atom. The number of carbonyl (C=O) groups excluding carboxylic acids is 1. The summed E-state index contributed by atoms with van der Waals surface area (Å²) in [5, 5.41) is 0. The largest absolute Gasteiger partial charge is 0.465 e. The van der Waals surface area contributed by atoms with E-state index < -0.39 is 16.0 Å².